The molecule has 254 valence electrons. The largest absolute Gasteiger partial charge is 1.00 e. The zero-order valence-electron chi connectivity index (χ0n) is 28.0. The van der Waals surface area contributed by atoms with Gasteiger partial charge in [-0.2, -0.15) is 0 Å². The molecule has 2 N–H and O–H groups in total. The minimum atomic E-state index is -4.90. The molecule has 0 atom stereocenters. The molecular formula is C34H24N4Na2O10S2. The Labute approximate surface area is 341 Å². The third-order valence-electron chi connectivity index (χ3n) is 7.68. The zero-order chi connectivity index (χ0) is 35.8. The van der Waals surface area contributed by atoms with Crippen molar-refractivity contribution in [2.45, 2.75) is 9.79 Å². The number of hydrogen-bond acceptors (Lipinski definition) is 14. The Morgan fingerprint density at radius 3 is 1.15 bits per heavy atom. The monoisotopic (exact) mass is 758 g/mol. The third-order valence-corrected chi connectivity index (χ3v) is 9.43. The van der Waals surface area contributed by atoms with Crippen LogP contribution in [0.3, 0.4) is 0 Å². The number of rotatable bonds is 9. The quantitative estimate of drug-likeness (QED) is 0.123. The van der Waals surface area contributed by atoms with Crippen LogP contribution in [0.2, 0.25) is 0 Å². The van der Waals surface area contributed by atoms with Gasteiger partial charge in [0.25, 0.3) is 0 Å². The van der Waals surface area contributed by atoms with E-state index in [-0.39, 0.29) is 126 Å². The van der Waals surface area contributed by atoms with Gasteiger partial charge in [0.1, 0.15) is 54.5 Å². The molecule has 52 heavy (non-hydrogen) atoms. The molecule has 0 bridgehead atoms. The second kappa shape index (κ2) is 16.4. The Kier molecular flexibility index (Phi) is 12.9. The van der Waals surface area contributed by atoms with Crippen LogP contribution in [-0.4, -0.2) is 50.4 Å². The number of hydrogen-bond donors (Lipinski definition) is 2. The maximum absolute atomic E-state index is 11.9. The van der Waals surface area contributed by atoms with E-state index in [1.807, 2.05) is 0 Å². The molecule has 0 fully saturated rings. The van der Waals surface area contributed by atoms with Crippen LogP contribution in [0.25, 0.3) is 32.7 Å². The molecular weight excluding hydrogens is 735 g/mol. The topological polar surface area (TPSA) is 223 Å². The van der Waals surface area contributed by atoms with Gasteiger partial charge in [-0.15, -0.1) is 20.5 Å². The van der Waals surface area contributed by atoms with E-state index in [0.29, 0.717) is 11.1 Å². The van der Waals surface area contributed by atoms with Gasteiger partial charge in [0.2, 0.25) is 0 Å². The minimum Gasteiger partial charge on any atom is -0.744 e. The molecule has 0 amide bonds. The number of phenols is 2. The van der Waals surface area contributed by atoms with E-state index in [9.17, 15) is 36.2 Å². The van der Waals surface area contributed by atoms with Gasteiger partial charge in [-0.05, 0) is 47.5 Å². The van der Waals surface area contributed by atoms with Crippen molar-refractivity contribution >= 4 is 64.5 Å². The molecule has 0 spiro atoms. The number of aromatic hydroxyl groups is 2. The second-order valence-corrected chi connectivity index (χ2v) is 13.4. The first-order chi connectivity index (χ1) is 23.8. The van der Waals surface area contributed by atoms with Crippen molar-refractivity contribution in [1.29, 1.82) is 0 Å². The Morgan fingerprint density at radius 1 is 0.500 bits per heavy atom. The maximum atomic E-state index is 11.9. The summed E-state index contributed by atoms with van der Waals surface area (Å²) in [6, 6.07) is 23.7. The summed E-state index contributed by atoms with van der Waals surface area (Å²) in [5.74, 6) is -0.185. The fourth-order valence-corrected chi connectivity index (χ4v) is 6.69. The molecule has 6 rings (SSSR count). The van der Waals surface area contributed by atoms with Crippen molar-refractivity contribution < 1.29 is 105 Å². The van der Waals surface area contributed by atoms with E-state index in [2.05, 4.69) is 20.5 Å². The third kappa shape index (κ3) is 8.31. The Morgan fingerprint density at radius 2 is 0.827 bits per heavy atom. The molecule has 0 unspecified atom stereocenters. The van der Waals surface area contributed by atoms with E-state index in [1.54, 1.807) is 48.5 Å². The molecule has 0 aliphatic heterocycles. The van der Waals surface area contributed by atoms with Crippen LogP contribution < -0.4 is 68.6 Å². The van der Waals surface area contributed by atoms with Gasteiger partial charge in [-0.1, -0.05) is 60.7 Å². The molecule has 0 aliphatic rings. The van der Waals surface area contributed by atoms with Gasteiger partial charge in [-0.25, -0.2) is 16.8 Å². The summed E-state index contributed by atoms with van der Waals surface area (Å²) >= 11 is 0. The molecule has 14 nitrogen and oxygen atoms in total. The molecule has 6 aromatic carbocycles. The average Bonchev–Trinajstić information content (AvgIpc) is 3.10. The summed E-state index contributed by atoms with van der Waals surface area (Å²) in [6.07, 6.45) is 0. The van der Waals surface area contributed by atoms with E-state index < -0.39 is 30.0 Å². The van der Waals surface area contributed by atoms with E-state index >= 15 is 0 Å². The first kappa shape index (κ1) is 40.8. The number of methoxy groups -OCH3 is 2. The van der Waals surface area contributed by atoms with Crippen LogP contribution in [0.1, 0.15) is 0 Å². The van der Waals surface area contributed by atoms with Crippen LogP contribution in [0.5, 0.6) is 23.0 Å². The normalized spacial score (nSPS) is 11.8. The molecule has 0 saturated heterocycles. The van der Waals surface area contributed by atoms with Crippen molar-refractivity contribution in [2.24, 2.45) is 20.5 Å². The van der Waals surface area contributed by atoms with Crippen molar-refractivity contribution in [3.8, 4) is 34.1 Å². The first-order valence-electron chi connectivity index (χ1n) is 14.4. The molecule has 0 saturated carbocycles. The number of benzene rings is 6. The number of ether oxygens (including phenoxy) is 2. The summed E-state index contributed by atoms with van der Waals surface area (Å²) in [4.78, 5) is -1.10. The van der Waals surface area contributed by atoms with Crippen LogP contribution in [-0.2, 0) is 20.2 Å². The standard InChI is InChI=1S/C34H26N4O10S2.2Na/c1-47-29-15-19(11-13-25(29)35-37-27-17-31(49(41,42)43)21-7-3-5-9-23(21)33(27)39)20-12-14-26(30(16-20)48-2)36-38-28-18-32(50(44,45)46)22-8-4-6-10-24(22)34(28)40;;/h3-18,39-40H,1-2H3,(H,41,42,43)(H,44,45,46);;/q;2*+1/p-2/b37-35+,38-36+;;. The first-order valence-corrected chi connectivity index (χ1v) is 17.2. The van der Waals surface area contributed by atoms with Gasteiger partial charge in [0, 0.05) is 21.5 Å². The van der Waals surface area contributed by atoms with Crippen LogP contribution in [0.4, 0.5) is 22.7 Å². The number of nitrogens with zero attached hydrogens (tertiary/aromatic N) is 4. The van der Waals surface area contributed by atoms with Crippen LogP contribution >= 0.6 is 0 Å². The van der Waals surface area contributed by atoms with E-state index in [4.69, 9.17) is 9.47 Å². The van der Waals surface area contributed by atoms with Crippen molar-refractivity contribution in [2.75, 3.05) is 14.2 Å². The summed E-state index contributed by atoms with van der Waals surface area (Å²) in [7, 11) is -6.99. The van der Waals surface area contributed by atoms with Crippen molar-refractivity contribution in [1.82, 2.24) is 0 Å². The Balaban J connectivity index is 0.00000302. The summed E-state index contributed by atoms with van der Waals surface area (Å²) in [6.45, 7) is 0. The zero-order valence-corrected chi connectivity index (χ0v) is 33.6. The predicted molar refractivity (Wildman–Crippen MR) is 180 cm³/mol. The minimum absolute atomic E-state index is 0. The van der Waals surface area contributed by atoms with Crippen LogP contribution in [0.15, 0.2) is 127 Å². The summed E-state index contributed by atoms with van der Waals surface area (Å²) in [5.41, 5.74) is 1.27. The van der Waals surface area contributed by atoms with E-state index in [0.717, 1.165) is 12.1 Å². The Bertz CT molecular complexity index is 2440. The molecule has 0 heterocycles. The smallest absolute Gasteiger partial charge is 0.744 e. The Hall–Kier alpha value is -3.94. The van der Waals surface area contributed by atoms with Gasteiger partial charge in [-0.3, -0.25) is 0 Å². The molecule has 6 aromatic rings. The molecule has 0 aromatic heterocycles. The average molecular weight is 759 g/mol. The fourth-order valence-electron chi connectivity index (χ4n) is 5.29. The summed E-state index contributed by atoms with van der Waals surface area (Å²) < 4.78 is 82.6. The van der Waals surface area contributed by atoms with Gasteiger partial charge >= 0.3 is 59.1 Å². The van der Waals surface area contributed by atoms with Gasteiger partial charge < -0.3 is 28.8 Å². The number of azo groups is 2. The van der Waals surface area contributed by atoms with E-state index in [1.165, 1.54) is 50.6 Å². The number of phenolic OH excluding ortho intramolecular Hbond substituents is 2. The molecule has 0 aliphatic carbocycles. The summed E-state index contributed by atoms with van der Waals surface area (Å²) in [5, 5.41) is 38.2. The number of fused-ring (bicyclic) bond motifs is 2. The van der Waals surface area contributed by atoms with Gasteiger partial charge in [0.15, 0.2) is 11.5 Å². The molecule has 18 heteroatoms. The van der Waals surface area contributed by atoms with Gasteiger partial charge in [0.05, 0.1) is 24.0 Å². The van der Waals surface area contributed by atoms with Crippen molar-refractivity contribution in [3.05, 3.63) is 97.1 Å². The van der Waals surface area contributed by atoms with Crippen LogP contribution in [0, 0.1) is 0 Å². The maximum Gasteiger partial charge on any atom is 1.00 e. The van der Waals surface area contributed by atoms with Crippen molar-refractivity contribution in [3.63, 3.8) is 0 Å². The SMILES string of the molecule is COc1cc(-c2ccc(/N=N/c3cc(S(=O)(=O)[O-])c4ccccc4c3O)c(OC)c2)ccc1/N=N/c1cc(S(=O)(=O)[O-])c2ccccc2c1O.[Na+].[Na+]. The second-order valence-electron chi connectivity index (χ2n) is 10.7. The fraction of sp³-hybridized carbons (Fsp3) is 0.0588. The predicted octanol–water partition coefficient (Wildman–Crippen LogP) is 1.74. The molecule has 0 radical (unpaired) electrons.